The van der Waals surface area contributed by atoms with Crippen molar-refractivity contribution in [2.45, 2.75) is 19.1 Å². The van der Waals surface area contributed by atoms with Crippen molar-refractivity contribution in [1.29, 1.82) is 0 Å². The van der Waals surface area contributed by atoms with Gasteiger partial charge in [-0.1, -0.05) is 29.8 Å². The van der Waals surface area contributed by atoms with Gasteiger partial charge in [0.15, 0.2) is 18.1 Å². The predicted octanol–water partition coefficient (Wildman–Crippen LogP) is 2.76. The highest BCUT2D eigenvalue weighted by Gasteiger charge is 2.36. The molecule has 0 saturated carbocycles. The normalized spacial score (nSPS) is 20.6. The van der Waals surface area contributed by atoms with Crippen molar-refractivity contribution in [3.63, 3.8) is 0 Å². The SMILES string of the molecule is CC1Oc2ccccc2OC1C(=O)OCC(=O)N1CCN(c2cccc(Cl)c2)CC1. The number of halogens is 1. The number of para-hydroxylation sites is 2. The van der Waals surface area contributed by atoms with E-state index in [1.54, 1.807) is 30.0 Å². The molecule has 2 unspecified atom stereocenters. The number of esters is 1. The molecule has 4 rings (SSSR count). The van der Waals surface area contributed by atoms with Gasteiger partial charge in [0.1, 0.15) is 6.10 Å². The molecule has 0 radical (unpaired) electrons. The highest BCUT2D eigenvalue weighted by molar-refractivity contribution is 6.30. The van der Waals surface area contributed by atoms with Crippen molar-refractivity contribution in [1.82, 2.24) is 4.90 Å². The lowest BCUT2D eigenvalue weighted by atomic mass is 10.2. The summed E-state index contributed by atoms with van der Waals surface area (Å²) >= 11 is 6.06. The molecule has 1 fully saturated rings. The van der Waals surface area contributed by atoms with Crippen molar-refractivity contribution in [3.05, 3.63) is 53.6 Å². The second-order valence-electron chi connectivity index (χ2n) is 7.26. The summed E-state index contributed by atoms with van der Waals surface area (Å²) in [5, 5.41) is 0.684. The van der Waals surface area contributed by atoms with Crippen LogP contribution in [0.3, 0.4) is 0 Å². The molecule has 0 N–H and O–H groups in total. The van der Waals surface area contributed by atoms with E-state index >= 15 is 0 Å². The van der Waals surface area contributed by atoms with Crippen LogP contribution in [0, 0.1) is 0 Å². The van der Waals surface area contributed by atoms with Crippen molar-refractivity contribution < 1.29 is 23.8 Å². The Balaban J connectivity index is 1.26. The third-order valence-electron chi connectivity index (χ3n) is 5.22. The van der Waals surface area contributed by atoms with Crippen LogP contribution < -0.4 is 14.4 Å². The molecule has 2 atom stereocenters. The van der Waals surface area contributed by atoms with Crippen LogP contribution in [0.2, 0.25) is 5.02 Å². The molecule has 2 aliphatic rings. The first kappa shape index (κ1) is 20.3. The molecule has 158 valence electrons. The van der Waals surface area contributed by atoms with Gasteiger partial charge >= 0.3 is 5.97 Å². The summed E-state index contributed by atoms with van der Waals surface area (Å²) in [7, 11) is 0. The summed E-state index contributed by atoms with van der Waals surface area (Å²) in [6.07, 6.45) is -1.42. The number of ether oxygens (including phenoxy) is 3. The van der Waals surface area contributed by atoms with Crippen molar-refractivity contribution in [3.8, 4) is 11.5 Å². The molecular formula is C22H23ClN2O5. The van der Waals surface area contributed by atoms with Crippen molar-refractivity contribution in [2.24, 2.45) is 0 Å². The fourth-order valence-electron chi connectivity index (χ4n) is 3.57. The van der Waals surface area contributed by atoms with Crippen LogP contribution >= 0.6 is 11.6 Å². The minimum absolute atomic E-state index is 0.223. The van der Waals surface area contributed by atoms with Gasteiger partial charge in [-0.3, -0.25) is 4.79 Å². The number of amides is 1. The van der Waals surface area contributed by atoms with Gasteiger partial charge in [0.25, 0.3) is 5.91 Å². The second-order valence-corrected chi connectivity index (χ2v) is 7.70. The van der Waals surface area contributed by atoms with Crippen molar-refractivity contribution >= 4 is 29.2 Å². The zero-order chi connectivity index (χ0) is 21.1. The predicted molar refractivity (Wildman–Crippen MR) is 112 cm³/mol. The first-order valence-electron chi connectivity index (χ1n) is 9.88. The van der Waals surface area contributed by atoms with E-state index in [9.17, 15) is 9.59 Å². The van der Waals surface area contributed by atoms with Gasteiger partial charge in [-0.25, -0.2) is 4.79 Å². The van der Waals surface area contributed by atoms with E-state index in [0.29, 0.717) is 42.7 Å². The Bertz CT molecular complexity index is 929. The summed E-state index contributed by atoms with van der Waals surface area (Å²) in [5.74, 6) is 0.241. The summed E-state index contributed by atoms with van der Waals surface area (Å²) < 4.78 is 16.7. The van der Waals surface area contributed by atoms with Gasteiger partial charge < -0.3 is 24.0 Å². The van der Waals surface area contributed by atoms with E-state index in [-0.39, 0.29) is 12.5 Å². The number of nitrogens with zero attached hydrogens (tertiary/aromatic N) is 2. The maximum atomic E-state index is 12.5. The topological polar surface area (TPSA) is 68.3 Å². The Labute approximate surface area is 180 Å². The zero-order valence-electron chi connectivity index (χ0n) is 16.6. The number of carbonyl (C=O) groups excluding carboxylic acids is 2. The molecule has 0 bridgehead atoms. The molecule has 30 heavy (non-hydrogen) atoms. The Morgan fingerprint density at radius 2 is 1.73 bits per heavy atom. The number of anilines is 1. The molecule has 1 saturated heterocycles. The van der Waals surface area contributed by atoms with Gasteiger partial charge in [-0.05, 0) is 37.3 Å². The Hall–Kier alpha value is -2.93. The fraction of sp³-hybridized carbons (Fsp3) is 0.364. The van der Waals surface area contributed by atoms with E-state index < -0.39 is 18.2 Å². The summed E-state index contributed by atoms with van der Waals surface area (Å²) in [6, 6.07) is 14.8. The third kappa shape index (κ3) is 4.46. The number of rotatable bonds is 4. The summed E-state index contributed by atoms with van der Waals surface area (Å²) in [5.41, 5.74) is 1.03. The largest absolute Gasteiger partial charge is 0.482 e. The molecule has 7 nitrogen and oxygen atoms in total. The van der Waals surface area contributed by atoms with Crippen LogP contribution in [0.4, 0.5) is 5.69 Å². The minimum Gasteiger partial charge on any atom is -0.482 e. The lowest BCUT2D eigenvalue weighted by Crippen LogP contribution is -2.50. The lowest BCUT2D eigenvalue weighted by molar-refractivity contribution is -0.162. The highest BCUT2D eigenvalue weighted by Crippen LogP contribution is 2.33. The maximum Gasteiger partial charge on any atom is 0.351 e. The van der Waals surface area contributed by atoms with Gasteiger partial charge in [0, 0.05) is 36.9 Å². The molecule has 2 aliphatic heterocycles. The third-order valence-corrected chi connectivity index (χ3v) is 5.45. The standard InChI is InChI=1S/C22H23ClN2O5/c1-15-21(30-19-8-3-2-7-18(19)29-15)22(27)28-14-20(26)25-11-9-24(10-12-25)17-6-4-5-16(23)13-17/h2-8,13,15,21H,9-12,14H2,1H3. The van der Waals surface area contributed by atoms with E-state index in [1.807, 2.05) is 30.3 Å². The minimum atomic E-state index is -0.910. The van der Waals surface area contributed by atoms with Crippen molar-refractivity contribution in [2.75, 3.05) is 37.7 Å². The number of piperazine rings is 1. The molecule has 2 heterocycles. The lowest BCUT2D eigenvalue weighted by Gasteiger charge is -2.36. The summed E-state index contributed by atoms with van der Waals surface area (Å²) in [4.78, 5) is 28.8. The molecule has 2 aromatic carbocycles. The van der Waals surface area contributed by atoms with E-state index in [0.717, 1.165) is 5.69 Å². The average molecular weight is 431 g/mol. The first-order valence-corrected chi connectivity index (χ1v) is 10.3. The van der Waals surface area contributed by atoms with Gasteiger partial charge in [0.2, 0.25) is 6.10 Å². The zero-order valence-corrected chi connectivity index (χ0v) is 17.4. The number of carbonyl (C=O) groups is 2. The second kappa shape index (κ2) is 8.83. The van der Waals surface area contributed by atoms with Gasteiger partial charge in [-0.2, -0.15) is 0 Å². The quantitative estimate of drug-likeness (QED) is 0.695. The first-order chi connectivity index (χ1) is 14.5. The van der Waals surface area contributed by atoms with Crippen LogP contribution in [0.15, 0.2) is 48.5 Å². The summed E-state index contributed by atoms with van der Waals surface area (Å²) in [6.45, 7) is 3.90. The molecule has 0 aliphatic carbocycles. The Morgan fingerprint density at radius 1 is 1.03 bits per heavy atom. The van der Waals surface area contributed by atoms with Crippen LogP contribution in [-0.4, -0.2) is 61.8 Å². The molecule has 1 amide bonds. The fourth-order valence-corrected chi connectivity index (χ4v) is 3.76. The molecule has 0 aromatic heterocycles. The highest BCUT2D eigenvalue weighted by atomic mass is 35.5. The van der Waals surface area contributed by atoms with Crippen LogP contribution in [0.5, 0.6) is 11.5 Å². The van der Waals surface area contributed by atoms with E-state index in [4.69, 9.17) is 25.8 Å². The maximum absolute atomic E-state index is 12.5. The number of benzene rings is 2. The number of hydrogen-bond donors (Lipinski definition) is 0. The van der Waals surface area contributed by atoms with Crippen LogP contribution in [0.25, 0.3) is 0 Å². The molecule has 0 spiro atoms. The molecule has 8 heteroatoms. The van der Waals surface area contributed by atoms with Gasteiger partial charge in [0.05, 0.1) is 0 Å². The van der Waals surface area contributed by atoms with Gasteiger partial charge in [-0.15, -0.1) is 0 Å². The average Bonchev–Trinajstić information content (AvgIpc) is 2.77. The Kier molecular flexibility index (Phi) is 5.99. The van der Waals surface area contributed by atoms with E-state index in [1.165, 1.54) is 0 Å². The smallest absolute Gasteiger partial charge is 0.351 e. The van der Waals surface area contributed by atoms with Crippen LogP contribution in [0.1, 0.15) is 6.92 Å². The Morgan fingerprint density at radius 3 is 2.43 bits per heavy atom. The number of fused-ring (bicyclic) bond motifs is 1. The van der Waals surface area contributed by atoms with E-state index in [2.05, 4.69) is 4.90 Å². The molecular weight excluding hydrogens is 408 g/mol. The van der Waals surface area contributed by atoms with Crippen LogP contribution in [-0.2, 0) is 14.3 Å². The monoisotopic (exact) mass is 430 g/mol. The molecule has 2 aromatic rings. The number of hydrogen-bond acceptors (Lipinski definition) is 6.